The summed E-state index contributed by atoms with van der Waals surface area (Å²) in [6.45, 7) is 6.06. The first-order chi connectivity index (χ1) is 8.82. The van der Waals surface area contributed by atoms with Gasteiger partial charge in [-0.15, -0.1) is 0 Å². The molecule has 2 rings (SSSR count). The van der Waals surface area contributed by atoms with Crippen LogP contribution in [0.3, 0.4) is 0 Å². The summed E-state index contributed by atoms with van der Waals surface area (Å²) in [6, 6.07) is 8.82. The van der Waals surface area contributed by atoms with Crippen molar-refractivity contribution in [2.75, 3.05) is 0 Å². The monoisotopic (exact) mass is 277 g/mol. The number of aryl methyl sites for hydroxylation is 1. The van der Waals surface area contributed by atoms with E-state index in [1.165, 1.54) is 0 Å². The number of nitrogens with zero attached hydrogens (tertiary/aromatic N) is 1. The maximum Gasteiger partial charge on any atom is 0.197 e. The van der Waals surface area contributed by atoms with Gasteiger partial charge >= 0.3 is 0 Å². The summed E-state index contributed by atoms with van der Waals surface area (Å²) in [6.07, 6.45) is 0.911. The molecule has 102 valence electrons. The molecule has 19 heavy (non-hydrogen) atoms. The largest absolute Gasteiger partial charge is 0.222 e. The van der Waals surface area contributed by atoms with Gasteiger partial charge in [-0.3, -0.25) is 0 Å². The van der Waals surface area contributed by atoms with Gasteiger partial charge in [-0.05, 0) is 43.7 Å². The third kappa shape index (κ3) is 2.17. The van der Waals surface area contributed by atoms with E-state index in [4.69, 9.17) is 0 Å². The van der Waals surface area contributed by atoms with E-state index in [1.807, 2.05) is 6.92 Å². The molecule has 0 aliphatic heterocycles. The van der Waals surface area contributed by atoms with Gasteiger partial charge in [-0.25, -0.2) is 8.42 Å². The third-order valence-electron chi connectivity index (χ3n) is 4.18. The SMILES string of the molecule is Cc1ccc(S(=O)(=O)C2(C#N)CC(C(C)C)C2)cc1. The molecule has 1 saturated carbocycles. The van der Waals surface area contributed by atoms with Crippen molar-refractivity contribution in [3.05, 3.63) is 29.8 Å². The molecule has 1 fully saturated rings. The highest BCUT2D eigenvalue weighted by Gasteiger charge is 2.55. The van der Waals surface area contributed by atoms with Crippen LogP contribution in [0.5, 0.6) is 0 Å². The van der Waals surface area contributed by atoms with Crippen LogP contribution < -0.4 is 0 Å². The molecular formula is C15H19NO2S. The second kappa shape index (κ2) is 4.64. The fourth-order valence-electron chi connectivity index (χ4n) is 2.57. The van der Waals surface area contributed by atoms with Gasteiger partial charge < -0.3 is 0 Å². The van der Waals surface area contributed by atoms with Gasteiger partial charge in [0.05, 0.1) is 11.0 Å². The Labute approximate surface area is 115 Å². The van der Waals surface area contributed by atoms with Gasteiger partial charge in [0.2, 0.25) is 0 Å². The first-order valence-corrected chi connectivity index (χ1v) is 8.03. The van der Waals surface area contributed by atoms with Crippen LogP contribution in [-0.2, 0) is 9.84 Å². The van der Waals surface area contributed by atoms with Crippen LogP contribution in [0, 0.1) is 30.1 Å². The summed E-state index contributed by atoms with van der Waals surface area (Å²) in [4.78, 5) is 0.266. The van der Waals surface area contributed by atoms with Crippen molar-refractivity contribution in [2.45, 2.75) is 43.3 Å². The second-order valence-electron chi connectivity index (χ2n) is 5.83. The number of nitriles is 1. The highest BCUT2D eigenvalue weighted by molar-refractivity contribution is 7.93. The third-order valence-corrected chi connectivity index (χ3v) is 6.52. The van der Waals surface area contributed by atoms with E-state index in [1.54, 1.807) is 24.3 Å². The molecular weight excluding hydrogens is 258 g/mol. The Morgan fingerprint density at radius 2 is 1.79 bits per heavy atom. The molecule has 0 spiro atoms. The maximum atomic E-state index is 12.6. The molecule has 0 saturated heterocycles. The predicted molar refractivity (Wildman–Crippen MR) is 74.3 cm³/mol. The van der Waals surface area contributed by atoms with Crippen LogP contribution in [-0.4, -0.2) is 13.2 Å². The van der Waals surface area contributed by atoms with Crippen molar-refractivity contribution in [3.63, 3.8) is 0 Å². The molecule has 0 heterocycles. The van der Waals surface area contributed by atoms with Gasteiger partial charge in [-0.2, -0.15) is 5.26 Å². The lowest BCUT2D eigenvalue weighted by molar-refractivity contribution is 0.198. The van der Waals surface area contributed by atoms with Gasteiger partial charge in [0, 0.05) is 0 Å². The van der Waals surface area contributed by atoms with E-state index in [2.05, 4.69) is 19.9 Å². The van der Waals surface area contributed by atoms with Crippen LogP contribution in [0.1, 0.15) is 32.3 Å². The zero-order chi connectivity index (χ0) is 14.3. The van der Waals surface area contributed by atoms with Crippen molar-refractivity contribution in [3.8, 4) is 6.07 Å². The lowest BCUT2D eigenvalue weighted by Gasteiger charge is -2.43. The van der Waals surface area contributed by atoms with E-state index < -0.39 is 14.6 Å². The van der Waals surface area contributed by atoms with Crippen LogP contribution in [0.25, 0.3) is 0 Å². The summed E-state index contributed by atoms with van der Waals surface area (Å²) in [7, 11) is -3.56. The highest BCUT2D eigenvalue weighted by atomic mass is 32.2. The first kappa shape index (κ1) is 14.1. The number of sulfone groups is 1. The Hall–Kier alpha value is -1.34. The van der Waals surface area contributed by atoms with Crippen molar-refractivity contribution in [2.24, 2.45) is 11.8 Å². The Morgan fingerprint density at radius 1 is 1.26 bits per heavy atom. The van der Waals surface area contributed by atoms with Crippen LogP contribution in [0.15, 0.2) is 29.2 Å². The fourth-order valence-corrected chi connectivity index (χ4v) is 4.51. The second-order valence-corrected chi connectivity index (χ2v) is 8.09. The standard InChI is InChI=1S/C15H19NO2S/c1-11(2)13-8-15(9-13,10-16)19(17,18)14-6-4-12(3)5-7-14/h4-7,11,13H,8-9H2,1-3H3. The van der Waals surface area contributed by atoms with Gasteiger partial charge in [0.25, 0.3) is 0 Å². The fraction of sp³-hybridized carbons (Fsp3) is 0.533. The van der Waals surface area contributed by atoms with E-state index in [0.29, 0.717) is 24.7 Å². The summed E-state index contributed by atoms with van der Waals surface area (Å²) < 4.78 is 24.0. The Bertz CT molecular complexity index is 603. The topological polar surface area (TPSA) is 57.9 Å². The summed E-state index contributed by atoms with van der Waals surface area (Å²) in [5.74, 6) is 0.759. The minimum atomic E-state index is -3.56. The molecule has 0 aromatic heterocycles. The Kier molecular flexibility index (Phi) is 3.44. The van der Waals surface area contributed by atoms with E-state index in [0.717, 1.165) is 5.56 Å². The van der Waals surface area contributed by atoms with E-state index >= 15 is 0 Å². The molecule has 1 aliphatic carbocycles. The minimum absolute atomic E-state index is 0.266. The number of hydrogen-bond donors (Lipinski definition) is 0. The first-order valence-electron chi connectivity index (χ1n) is 6.55. The van der Waals surface area contributed by atoms with Crippen molar-refractivity contribution in [1.82, 2.24) is 0 Å². The molecule has 0 amide bonds. The average Bonchev–Trinajstić information content (AvgIpc) is 2.28. The zero-order valence-corrected chi connectivity index (χ0v) is 12.4. The molecule has 1 aromatic carbocycles. The predicted octanol–water partition coefficient (Wildman–Crippen LogP) is 3.10. The van der Waals surface area contributed by atoms with Crippen molar-refractivity contribution < 1.29 is 8.42 Å². The Balaban J connectivity index is 2.35. The normalized spacial score (nSPS) is 26.8. The van der Waals surface area contributed by atoms with Crippen LogP contribution in [0.4, 0.5) is 0 Å². The Morgan fingerprint density at radius 3 is 2.21 bits per heavy atom. The molecule has 0 bridgehead atoms. The smallest absolute Gasteiger partial charge is 0.197 e. The molecule has 1 aromatic rings. The van der Waals surface area contributed by atoms with E-state index in [-0.39, 0.29) is 4.90 Å². The zero-order valence-electron chi connectivity index (χ0n) is 11.6. The summed E-state index contributed by atoms with van der Waals surface area (Å²) in [5, 5.41) is 9.36. The average molecular weight is 277 g/mol. The maximum absolute atomic E-state index is 12.6. The van der Waals surface area contributed by atoms with Crippen molar-refractivity contribution in [1.29, 1.82) is 5.26 Å². The highest BCUT2D eigenvalue weighted by Crippen LogP contribution is 2.49. The van der Waals surface area contributed by atoms with Crippen molar-refractivity contribution >= 4 is 9.84 Å². The van der Waals surface area contributed by atoms with E-state index in [9.17, 15) is 13.7 Å². The number of rotatable bonds is 3. The summed E-state index contributed by atoms with van der Waals surface area (Å²) >= 11 is 0. The molecule has 1 aliphatic rings. The van der Waals surface area contributed by atoms with Crippen LogP contribution >= 0.6 is 0 Å². The van der Waals surface area contributed by atoms with Crippen LogP contribution in [0.2, 0.25) is 0 Å². The summed E-state index contributed by atoms with van der Waals surface area (Å²) in [5.41, 5.74) is 1.01. The molecule has 0 N–H and O–H groups in total. The van der Waals surface area contributed by atoms with Gasteiger partial charge in [0.15, 0.2) is 14.6 Å². The quantitative estimate of drug-likeness (QED) is 0.853. The lowest BCUT2D eigenvalue weighted by Crippen LogP contribution is -2.50. The van der Waals surface area contributed by atoms with Gasteiger partial charge in [-0.1, -0.05) is 31.5 Å². The molecule has 0 unspecified atom stereocenters. The molecule has 3 nitrogen and oxygen atoms in total. The number of hydrogen-bond acceptors (Lipinski definition) is 3. The van der Waals surface area contributed by atoms with Gasteiger partial charge in [0.1, 0.15) is 0 Å². The lowest BCUT2D eigenvalue weighted by atomic mass is 9.69. The minimum Gasteiger partial charge on any atom is -0.222 e. The molecule has 0 radical (unpaired) electrons. The number of benzene rings is 1. The molecule has 4 heteroatoms. The molecule has 0 atom stereocenters.